The van der Waals surface area contributed by atoms with Crippen LogP contribution in [-0.2, 0) is 30.6 Å². The molecule has 0 amide bonds. The first kappa shape index (κ1) is 19.6. The zero-order valence-electron chi connectivity index (χ0n) is 15.7. The summed E-state index contributed by atoms with van der Waals surface area (Å²) < 4.78 is 33.0. The summed E-state index contributed by atoms with van der Waals surface area (Å²) in [6, 6.07) is 16.3. The number of nitrogens with zero attached hydrogens (tertiary/aromatic N) is 2. The number of hydrogen-bond donors (Lipinski definition) is 0. The van der Waals surface area contributed by atoms with E-state index in [1.165, 1.54) is 27.1 Å². The van der Waals surface area contributed by atoms with Crippen LogP contribution in [0.5, 0.6) is 5.75 Å². The van der Waals surface area contributed by atoms with Gasteiger partial charge in [-0.05, 0) is 18.6 Å². The minimum absolute atomic E-state index is 0.0219. The Labute approximate surface area is 162 Å². The Hall–Kier alpha value is -3.13. The van der Waals surface area contributed by atoms with Crippen molar-refractivity contribution in [2.24, 2.45) is 14.1 Å². The average Bonchev–Trinajstić information content (AvgIpc) is 2.67. The van der Waals surface area contributed by atoms with Gasteiger partial charge in [-0.1, -0.05) is 48.5 Å². The maximum Gasteiger partial charge on any atom is 0.346 e. The number of hydrogen-bond acceptors (Lipinski definition) is 5. The summed E-state index contributed by atoms with van der Waals surface area (Å²) in [5, 5.41) is 0. The second kappa shape index (κ2) is 7.47. The van der Waals surface area contributed by atoms with Gasteiger partial charge in [-0.3, -0.25) is 13.9 Å². The van der Waals surface area contributed by atoms with E-state index >= 15 is 0 Å². The summed E-state index contributed by atoms with van der Waals surface area (Å²) in [4.78, 5) is 23.9. The van der Waals surface area contributed by atoms with Crippen molar-refractivity contribution in [3.05, 3.63) is 92.3 Å². The lowest BCUT2D eigenvalue weighted by molar-refractivity contribution is 0.476. The highest BCUT2D eigenvalue weighted by molar-refractivity contribution is 7.87. The van der Waals surface area contributed by atoms with Crippen LogP contribution in [-0.4, -0.2) is 17.6 Å². The highest BCUT2D eigenvalue weighted by Crippen LogP contribution is 2.25. The second-order valence-corrected chi connectivity index (χ2v) is 7.91. The first-order valence-corrected chi connectivity index (χ1v) is 9.96. The van der Waals surface area contributed by atoms with Gasteiger partial charge in [-0.25, -0.2) is 4.79 Å². The molecule has 0 radical (unpaired) electrons. The summed E-state index contributed by atoms with van der Waals surface area (Å²) in [5.41, 5.74) is 0.155. The van der Waals surface area contributed by atoms with Crippen molar-refractivity contribution in [1.82, 2.24) is 9.13 Å². The maximum atomic E-state index is 12.9. The number of rotatable bonds is 5. The summed E-state index contributed by atoms with van der Waals surface area (Å²) in [6.07, 6.45) is 0.469. The molecule has 146 valence electrons. The van der Waals surface area contributed by atoms with Gasteiger partial charge in [0.1, 0.15) is 5.75 Å². The van der Waals surface area contributed by atoms with Crippen molar-refractivity contribution in [1.29, 1.82) is 0 Å². The Kier molecular flexibility index (Phi) is 5.24. The molecule has 8 heteroatoms. The van der Waals surface area contributed by atoms with Gasteiger partial charge >= 0.3 is 15.8 Å². The molecule has 1 heterocycles. The monoisotopic (exact) mass is 400 g/mol. The number of benzene rings is 2. The molecule has 0 aliphatic heterocycles. The van der Waals surface area contributed by atoms with Crippen LogP contribution in [0.25, 0.3) is 0 Å². The van der Waals surface area contributed by atoms with Gasteiger partial charge in [0.15, 0.2) is 4.90 Å². The molecule has 0 N–H and O–H groups in total. The van der Waals surface area contributed by atoms with Crippen molar-refractivity contribution < 1.29 is 12.6 Å². The summed E-state index contributed by atoms with van der Waals surface area (Å²) >= 11 is 0. The third kappa shape index (κ3) is 3.63. The van der Waals surface area contributed by atoms with Gasteiger partial charge in [0.05, 0.1) is 0 Å². The Morgan fingerprint density at radius 1 is 0.893 bits per heavy atom. The van der Waals surface area contributed by atoms with Crippen LogP contribution in [0, 0.1) is 6.92 Å². The molecule has 3 aromatic rings. The minimum Gasteiger partial charge on any atom is -0.378 e. The van der Waals surface area contributed by atoms with Gasteiger partial charge < -0.3 is 4.18 Å². The standard InChI is InChI=1S/C20H20N2O5S/c1-14-18(19(23)22(3)20(24)21(14)2)28(25,26)27-17-12-8-7-11-16(17)13-15-9-5-4-6-10-15/h4-12H,13H2,1-3H3. The molecular formula is C20H20N2O5S. The largest absolute Gasteiger partial charge is 0.378 e. The third-order valence-electron chi connectivity index (χ3n) is 4.56. The van der Waals surface area contributed by atoms with E-state index in [0.29, 0.717) is 12.0 Å². The second-order valence-electron chi connectivity index (χ2n) is 6.43. The fourth-order valence-corrected chi connectivity index (χ4v) is 4.24. The van der Waals surface area contributed by atoms with Crippen molar-refractivity contribution in [2.75, 3.05) is 0 Å². The molecule has 0 saturated heterocycles. The van der Waals surface area contributed by atoms with Crippen LogP contribution in [0.1, 0.15) is 16.8 Å². The van der Waals surface area contributed by atoms with Crippen LogP contribution in [0.4, 0.5) is 0 Å². The highest BCUT2D eigenvalue weighted by atomic mass is 32.2. The fraction of sp³-hybridized carbons (Fsp3) is 0.200. The first-order chi connectivity index (χ1) is 13.2. The molecule has 0 aliphatic rings. The molecule has 0 bridgehead atoms. The molecule has 2 aromatic carbocycles. The van der Waals surface area contributed by atoms with Crippen molar-refractivity contribution in [2.45, 2.75) is 18.2 Å². The van der Waals surface area contributed by atoms with E-state index in [9.17, 15) is 18.0 Å². The summed E-state index contributed by atoms with van der Waals surface area (Å²) in [5.74, 6) is 0.140. The maximum absolute atomic E-state index is 12.9. The van der Waals surface area contributed by atoms with Crippen LogP contribution in [0.2, 0.25) is 0 Å². The Balaban J connectivity index is 2.06. The molecular weight excluding hydrogens is 380 g/mol. The molecule has 1 aromatic heterocycles. The lowest BCUT2D eigenvalue weighted by Gasteiger charge is -2.14. The lowest BCUT2D eigenvalue weighted by Crippen LogP contribution is -2.41. The molecule has 0 fully saturated rings. The van der Waals surface area contributed by atoms with Crippen molar-refractivity contribution in [3.63, 3.8) is 0 Å². The molecule has 0 saturated carbocycles. The molecule has 0 aliphatic carbocycles. The Bertz CT molecular complexity index is 1240. The Morgan fingerprint density at radius 3 is 2.18 bits per heavy atom. The van der Waals surface area contributed by atoms with Crippen LogP contribution < -0.4 is 15.4 Å². The first-order valence-electron chi connectivity index (χ1n) is 8.55. The van der Waals surface area contributed by atoms with E-state index in [4.69, 9.17) is 4.18 Å². The summed E-state index contributed by atoms with van der Waals surface area (Å²) in [7, 11) is -1.81. The van der Waals surface area contributed by atoms with Crippen LogP contribution in [0.15, 0.2) is 69.1 Å². The molecule has 7 nitrogen and oxygen atoms in total. The molecule has 0 atom stereocenters. The van der Waals surface area contributed by atoms with Gasteiger partial charge in [0.2, 0.25) is 0 Å². The minimum atomic E-state index is -4.44. The SMILES string of the molecule is Cc1c(S(=O)(=O)Oc2ccccc2Cc2ccccc2)c(=O)n(C)c(=O)n1C. The molecule has 0 unspecified atom stereocenters. The molecule has 3 rings (SSSR count). The van der Waals surface area contributed by atoms with Gasteiger partial charge in [0, 0.05) is 31.8 Å². The van der Waals surface area contributed by atoms with E-state index in [1.807, 2.05) is 30.3 Å². The topological polar surface area (TPSA) is 87.4 Å². The van der Waals surface area contributed by atoms with Gasteiger partial charge in [-0.2, -0.15) is 8.42 Å². The van der Waals surface area contributed by atoms with E-state index in [-0.39, 0.29) is 11.4 Å². The normalized spacial score (nSPS) is 11.4. The van der Waals surface area contributed by atoms with Gasteiger partial charge in [0.25, 0.3) is 5.56 Å². The third-order valence-corrected chi connectivity index (χ3v) is 5.93. The van der Waals surface area contributed by atoms with Gasteiger partial charge in [-0.15, -0.1) is 0 Å². The van der Waals surface area contributed by atoms with E-state index in [2.05, 4.69) is 0 Å². The zero-order chi connectivity index (χ0) is 20.5. The number of aromatic nitrogens is 2. The van der Waals surface area contributed by atoms with E-state index < -0.39 is 26.3 Å². The smallest absolute Gasteiger partial charge is 0.346 e. The van der Waals surface area contributed by atoms with Crippen molar-refractivity contribution >= 4 is 10.1 Å². The fourth-order valence-electron chi connectivity index (χ4n) is 2.91. The predicted molar refractivity (Wildman–Crippen MR) is 105 cm³/mol. The Morgan fingerprint density at radius 2 is 1.50 bits per heavy atom. The van der Waals surface area contributed by atoms with Crippen molar-refractivity contribution in [3.8, 4) is 5.75 Å². The quantitative estimate of drug-likeness (QED) is 0.609. The van der Waals surface area contributed by atoms with Crippen LogP contribution >= 0.6 is 0 Å². The van der Waals surface area contributed by atoms with E-state index in [1.54, 1.807) is 18.2 Å². The lowest BCUT2D eigenvalue weighted by atomic mass is 10.0. The zero-order valence-corrected chi connectivity index (χ0v) is 16.6. The predicted octanol–water partition coefficient (Wildman–Crippen LogP) is 1.75. The van der Waals surface area contributed by atoms with Crippen LogP contribution in [0.3, 0.4) is 0 Å². The highest BCUT2D eigenvalue weighted by Gasteiger charge is 2.28. The number of para-hydroxylation sites is 1. The average molecular weight is 400 g/mol. The molecule has 0 spiro atoms. The van der Waals surface area contributed by atoms with E-state index in [0.717, 1.165) is 14.7 Å². The summed E-state index contributed by atoms with van der Waals surface area (Å²) in [6.45, 7) is 1.40. The molecule has 28 heavy (non-hydrogen) atoms.